The van der Waals surface area contributed by atoms with Crippen molar-refractivity contribution < 1.29 is 95.8 Å². The number of hydrogen-bond donors (Lipinski definition) is 4. The SMILES string of the molecule is COc1ccc(COC(=O)O[C@@H]2C[C@H]3[C@H](O)/C=C/C(=O)O[C@@H](C)CCC/C=C/[C@@H]3C2)cn1.C[C@H]1CCC/C=C/[C@@H]2C[C@H](OC(=O)OCc3ccc(N)nc3)C[C@H]2[C@H](O)/C=C/C(=O)O1.C[C@H]1CCC/C=C/[C@@H]2C[C@H](OC(=O)OCc3cncc(F)c3)C[C@H]2[C@H](O)/C=C/C(=O)O1. The van der Waals surface area contributed by atoms with Gasteiger partial charge in [-0.25, -0.2) is 43.1 Å². The molecule has 0 amide bonds. The number of anilines is 1. The van der Waals surface area contributed by atoms with Crippen molar-refractivity contribution in [2.45, 2.75) is 192 Å². The van der Waals surface area contributed by atoms with E-state index in [2.05, 4.69) is 51.4 Å². The van der Waals surface area contributed by atoms with E-state index in [1.54, 1.807) is 36.7 Å². The second-order valence-corrected chi connectivity index (χ2v) is 24.4. The van der Waals surface area contributed by atoms with E-state index in [9.17, 15) is 48.5 Å². The third kappa shape index (κ3) is 25.4. The Morgan fingerprint density at radius 3 is 1.26 bits per heavy atom. The molecule has 3 fully saturated rings. The molecule has 23 nitrogen and oxygen atoms in total. The average molecular weight is 1310 g/mol. The number of rotatable bonds is 10. The predicted molar refractivity (Wildman–Crippen MR) is 339 cm³/mol. The van der Waals surface area contributed by atoms with Crippen LogP contribution in [0.25, 0.3) is 0 Å². The Bertz CT molecular complexity index is 3100. The molecule has 9 rings (SSSR count). The van der Waals surface area contributed by atoms with E-state index >= 15 is 0 Å². The molecule has 6 aliphatic rings. The zero-order valence-corrected chi connectivity index (χ0v) is 53.7. The monoisotopic (exact) mass is 1310 g/mol. The number of pyridine rings is 3. The third-order valence-corrected chi connectivity index (χ3v) is 17.0. The Labute approximate surface area is 547 Å². The van der Waals surface area contributed by atoms with Gasteiger partial charge in [0.15, 0.2) is 0 Å². The summed E-state index contributed by atoms with van der Waals surface area (Å²) in [6.07, 6.45) is 30.3. The molecule has 0 radical (unpaired) electrons. The summed E-state index contributed by atoms with van der Waals surface area (Å²) in [6, 6.07) is 8.04. The smallest absolute Gasteiger partial charge is 0.481 e. The molecular weight excluding hydrogens is 1220 g/mol. The molecule has 0 saturated heterocycles. The number of carbonyl (C=O) groups excluding carboxylic acids is 6. The molecule has 24 heteroatoms. The first-order valence-electron chi connectivity index (χ1n) is 32.2. The molecule has 15 atom stereocenters. The standard InChI is InChI=1S/C24H31NO7.C23H28FNO6.C23H30N2O6/c1-16-6-4-3-5-7-18-12-19(13-20(18)21(26)9-11-23(27)31-16)32-24(28)30-15-17-8-10-22(29-2)25-14-17;1-15-5-3-2-4-6-17-10-19(11-20(17)21(26)7-8-22(27)30-15)31-23(28)29-14-16-9-18(24)13-25-12-16;1-15-5-3-2-4-6-17-11-18(12-19(17)20(26)8-10-22(27)30-15)31-23(28)29-14-16-7-9-21(24)25-13-16/h5,7-11,14,16,18-21,26H,3-4,6,12-13,15H2,1-2H3;4,6-9,12-13,15,17,19-21,26H,2-3,5,10-11,14H2,1H3;4,6-10,13,15,17-20,26H,2-3,5,11-12,14H2,1H3,(H2,24,25)/b7-5+,11-9+;6-4+,8-7+;6-4+,10-8+/t16-,18+,19-,20+,21+;15-,17+,19-,20+,21+;15-,17+,18-,19+,20+/m000/s1. The number of nitrogens with zero attached hydrogens (tertiary/aromatic N) is 3. The van der Waals surface area contributed by atoms with Gasteiger partial charge in [0.1, 0.15) is 49.8 Å². The van der Waals surface area contributed by atoms with E-state index in [1.807, 2.05) is 20.8 Å². The van der Waals surface area contributed by atoms with Gasteiger partial charge in [0.2, 0.25) is 5.88 Å². The molecule has 6 heterocycles. The minimum atomic E-state index is -0.874. The fourth-order valence-electron chi connectivity index (χ4n) is 12.1. The van der Waals surface area contributed by atoms with Crippen LogP contribution in [0.3, 0.4) is 0 Å². The highest BCUT2D eigenvalue weighted by Crippen LogP contribution is 2.41. The average Bonchev–Trinajstić information content (AvgIpc) is 1.92. The van der Waals surface area contributed by atoms with Gasteiger partial charge in [0, 0.05) is 59.6 Å². The lowest BCUT2D eigenvalue weighted by Crippen LogP contribution is -2.22. The molecule has 0 unspecified atom stereocenters. The summed E-state index contributed by atoms with van der Waals surface area (Å²) in [5.74, 6) is -1.50. The van der Waals surface area contributed by atoms with Crippen LogP contribution < -0.4 is 10.5 Å². The van der Waals surface area contributed by atoms with E-state index in [4.69, 9.17) is 53.1 Å². The highest BCUT2D eigenvalue weighted by Gasteiger charge is 2.41. The van der Waals surface area contributed by atoms with Crippen LogP contribution in [0.15, 0.2) is 128 Å². The van der Waals surface area contributed by atoms with E-state index in [1.165, 1.54) is 55.8 Å². The molecule has 3 aromatic rings. The zero-order valence-electron chi connectivity index (χ0n) is 53.7. The van der Waals surface area contributed by atoms with Crippen molar-refractivity contribution in [3.8, 4) is 5.88 Å². The molecule has 3 saturated carbocycles. The van der Waals surface area contributed by atoms with Gasteiger partial charge < -0.3 is 68.4 Å². The van der Waals surface area contributed by atoms with Gasteiger partial charge in [0.05, 0.1) is 49.9 Å². The lowest BCUT2D eigenvalue weighted by atomic mass is 9.90. The molecular formula is C70H89FN4O19. The van der Waals surface area contributed by atoms with Crippen LogP contribution in [0.2, 0.25) is 0 Å². The molecule has 3 aromatic heterocycles. The van der Waals surface area contributed by atoms with Gasteiger partial charge >= 0.3 is 36.4 Å². The highest BCUT2D eigenvalue weighted by atomic mass is 19.1. The van der Waals surface area contributed by atoms with Crippen LogP contribution in [-0.2, 0) is 76.8 Å². The van der Waals surface area contributed by atoms with Crippen LogP contribution in [0, 0.1) is 41.3 Å². The van der Waals surface area contributed by atoms with E-state index in [0.717, 1.165) is 69.5 Å². The number of carbonyl (C=O) groups is 6. The lowest BCUT2D eigenvalue weighted by Gasteiger charge is -2.19. The van der Waals surface area contributed by atoms with Crippen LogP contribution >= 0.6 is 0 Å². The van der Waals surface area contributed by atoms with Crippen LogP contribution in [0.4, 0.5) is 24.6 Å². The Kier molecular flexibility index (Phi) is 29.5. The molecule has 5 N–H and O–H groups in total. The summed E-state index contributed by atoms with van der Waals surface area (Å²) >= 11 is 0. The molecule has 0 bridgehead atoms. The summed E-state index contributed by atoms with van der Waals surface area (Å²) < 4.78 is 65.9. The van der Waals surface area contributed by atoms with Gasteiger partial charge in [-0.15, -0.1) is 0 Å². The van der Waals surface area contributed by atoms with Gasteiger partial charge in [-0.05, 0) is 189 Å². The van der Waals surface area contributed by atoms with Crippen molar-refractivity contribution in [3.63, 3.8) is 0 Å². The van der Waals surface area contributed by atoms with Crippen molar-refractivity contribution in [1.29, 1.82) is 0 Å². The topological polar surface area (TPSA) is 320 Å². The second kappa shape index (κ2) is 38.0. The molecule has 3 aliphatic carbocycles. The fourth-order valence-corrected chi connectivity index (χ4v) is 12.1. The van der Waals surface area contributed by atoms with Crippen molar-refractivity contribution in [2.75, 3.05) is 12.8 Å². The number of halogens is 1. The number of allylic oxidation sites excluding steroid dienone is 6. The number of cyclic esters (lactones) is 3. The summed E-state index contributed by atoms with van der Waals surface area (Å²) in [6.45, 7) is 5.53. The number of methoxy groups -OCH3 is 1. The van der Waals surface area contributed by atoms with Crippen molar-refractivity contribution >= 4 is 42.2 Å². The largest absolute Gasteiger partial charge is 0.508 e. The van der Waals surface area contributed by atoms with Gasteiger partial charge in [-0.2, -0.15) is 0 Å². The Morgan fingerprint density at radius 1 is 0.521 bits per heavy atom. The fraction of sp³-hybridized carbons (Fsp3) is 0.529. The van der Waals surface area contributed by atoms with E-state index in [-0.39, 0.29) is 85.8 Å². The van der Waals surface area contributed by atoms with Gasteiger partial charge in [-0.3, -0.25) is 4.98 Å². The Balaban J connectivity index is 0.000000200. The number of aliphatic hydroxyl groups excluding tert-OH is 3. The normalized spacial score (nSPS) is 30.9. The van der Waals surface area contributed by atoms with Gasteiger partial charge in [0.25, 0.3) is 0 Å². The Hall–Kier alpha value is -8.48. The maximum atomic E-state index is 13.2. The first-order chi connectivity index (χ1) is 45.2. The van der Waals surface area contributed by atoms with Crippen molar-refractivity contribution in [3.05, 3.63) is 151 Å². The summed E-state index contributed by atoms with van der Waals surface area (Å²) in [5, 5.41) is 31.9. The predicted octanol–water partition coefficient (Wildman–Crippen LogP) is 10.9. The summed E-state index contributed by atoms with van der Waals surface area (Å²) in [7, 11) is 1.53. The third-order valence-electron chi connectivity index (χ3n) is 17.0. The number of esters is 3. The van der Waals surface area contributed by atoms with Crippen molar-refractivity contribution in [1.82, 2.24) is 15.0 Å². The van der Waals surface area contributed by atoms with Crippen LogP contribution in [-0.4, -0.2) is 129 Å². The summed E-state index contributed by atoms with van der Waals surface area (Å²) in [4.78, 5) is 83.9. The number of aliphatic hydroxyl groups is 3. The molecule has 0 aromatic carbocycles. The number of fused-ring (bicyclic) bond motifs is 3. The number of hydrogen-bond acceptors (Lipinski definition) is 23. The minimum absolute atomic E-state index is 0.000865. The lowest BCUT2D eigenvalue weighted by molar-refractivity contribution is -0.143. The van der Waals surface area contributed by atoms with Crippen LogP contribution in [0.1, 0.15) is 134 Å². The number of nitrogens with two attached hydrogens (primary N) is 1. The highest BCUT2D eigenvalue weighted by molar-refractivity contribution is 5.83. The maximum Gasteiger partial charge on any atom is 0.508 e. The zero-order chi connectivity index (χ0) is 67.4. The van der Waals surface area contributed by atoms with Gasteiger partial charge in [-0.1, -0.05) is 42.5 Å². The first-order valence-corrected chi connectivity index (χ1v) is 32.2. The maximum absolute atomic E-state index is 13.2. The molecule has 0 spiro atoms. The molecule has 510 valence electrons. The quantitative estimate of drug-likeness (QED) is 0.0832. The first kappa shape index (κ1) is 72.9. The van der Waals surface area contributed by atoms with E-state index in [0.29, 0.717) is 61.3 Å². The number of aromatic nitrogens is 3. The summed E-state index contributed by atoms with van der Waals surface area (Å²) in [5.41, 5.74) is 7.39. The number of nitrogen functional groups attached to an aromatic ring is 1. The van der Waals surface area contributed by atoms with E-state index < -0.39 is 66.6 Å². The Morgan fingerprint density at radius 2 is 0.904 bits per heavy atom. The molecule has 94 heavy (non-hydrogen) atoms. The molecule has 3 aliphatic heterocycles. The second-order valence-electron chi connectivity index (χ2n) is 24.4. The number of ether oxygens (including phenoxy) is 10. The van der Waals surface area contributed by atoms with Crippen molar-refractivity contribution in [2.24, 2.45) is 35.5 Å². The minimum Gasteiger partial charge on any atom is -0.481 e. The van der Waals surface area contributed by atoms with Crippen LogP contribution in [0.5, 0.6) is 5.88 Å².